The highest BCUT2D eigenvalue weighted by Gasteiger charge is 2.32. The lowest BCUT2D eigenvalue weighted by Crippen LogP contribution is -2.51. The average molecular weight is 399 g/mol. The summed E-state index contributed by atoms with van der Waals surface area (Å²) in [7, 11) is 1.82. The molecular weight excluding hydrogens is 377 g/mol. The number of fused-ring (bicyclic) bond motifs is 1. The number of aryl methyl sites for hydroxylation is 1. The van der Waals surface area contributed by atoms with Crippen LogP contribution in [0.2, 0.25) is 0 Å². The maximum absolute atomic E-state index is 12.9. The van der Waals surface area contributed by atoms with Crippen LogP contribution in [-0.2, 0) is 4.79 Å². The molecule has 2 heterocycles. The van der Waals surface area contributed by atoms with E-state index in [1.165, 1.54) is 24.3 Å². The number of likely N-dealkylation sites (N-methyl/N-ethyl adjacent to an activating group) is 1. The Kier molecular flexibility index (Phi) is 4.91. The van der Waals surface area contributed by atoms with E-state index in [1.807, 2.05) is 14.0 Å². The van der Waals surface area contributed by atoms with Crippen molar-refractivity contribution in [1.82, 2.24) is 15.3 Å². The molecule has 1 saturated carbocycles. The summed E-state index contributed by atoms with van der Waals surface area (Å²) in [5.41, 5.74) is 1.87. The Bertz CT molecular complexity index is 944. The molecule has 0 spiro atoms. The summed E-state index contributed by atoms with van der Waals surface area (Å²) in [6, 6.07) is 5.47. The number of benzene rings is 1. The molecule has 0 unspecified atom stereocenters. The van der Waals surface area contributed by atoms with Crippen molar-refractivity contribution in [1.29, 1.82) is 0 Å². The third-order valence-corrected chi connectivity index (χ3v) is 4.99. The number of carbonyl (C=O) groups is 2. The molecule has 9 nitrogen and oxygen atoms in total. The van der Waals surface area contributed by atoms with Crippen molar-refractivity contribution >= 4 is 35.1 Å². The van der Waals surface area contributed by atoms with Crippen molar-refractivity contribution < 1.29 is 14.0 Å². The van der Waals surface area contributed by atoms with Crippen LogP contribution in [0.4, 0.5) is 32.3 Å². The van der Waals surface area contributed by atoms with Gasteiger partial charge in [0, 0.05) is 24.8 Å². The number of anilines is 4. The Morgan fingerprint density at radius 2 is 1.93 bits per heavy atom. The first-order chi connectivity index (χ1) is 13.9. The van der Waals surface area contributed by atoms with Crippen molar-refractivity contribution in [2.45, 2.75) is 31.8 Å². The van der Waals surface area contributed by atoms with Crippen LogP contribution < -0.4 is 26.2 Å². The largest absolute Gasteiger partial charge is 0.351 e. The second kappa shape index (κ2) is 7.53. The summed E-state index contributed by atoms with van der Waals surface area (Å²) in [5.74, 6) is 0.757. The van der Waals surface area contributed by atoms with Gasteiger partial charge >= 0.3 is 6.03 Å². The number of aromatic nitrogens is 2. The number of rotatable bonds is 4. The highest BCUT2D eigenvalue weighted by atomic mass is 19.1. The van der Waals surface area contributed by atoms with E-state index in [0.29, 0.717) is 28.8 Å². The topological polar surface area (TPSA) is 111 Å². The molecule has 29 heavy (non-hydrogen) atoms. The van der Waals surface area contributed by atoms with Gasteiger partial charge in [-0.05, 0) is 44.0 Å². The molecule has 1 fully saturated rings. The fourth-order valence-electron chi connectivity index (χ4n) is 3.44. The van der Waals surface area contributed by atoms with Crippen LogP contribution in [0, 0.1) is 12.7 Å². The van der Waals surface area contributed by atoms with Crippen molar-refractivity contribution in [3.8, 4) is 0 Å². The van der Waals surface area contributed by atoms with Crippen molar-refractivity contribution in [3.63, 3.8) is 0 Å². The van der Waals surface area contributed by atoms with E-state index in [0.717, 1.165) is 12.8 Å². The van der Waals surface area contributed by atoms with E-state index < -0.39 is 0 Å². The quantitative estimate of drug-likeness (QED) is 0.626. The van der Waals surface area contributed by atoms with Crippen LogP contribution in [0.1, 0.15) is 18.5 Å². The lowest BCUT2D eigenvalue weighted by molar-refractivity contribution is -0.115. The molecule has 3 amide bonds. The second-order valence-electron chi connectivity index (χ2n) is 7.35. The van der Waals surface area contributed by atoms with Gasteiger partial charge < -0.3 is 26.2 Å². The Morgan fingerprint density at radius 1 is 1.21 bits per heavy atom. The smallest absolute Gasteiger partial charge is 0.319 e. The maximum atomic E-state index is 12.9. The van der Waals surface area contributed by atoms with Gasteiger partial charge in [0.2, 0.25) is 11.9 Å². The summed E-state index contributed by atoms with van der Waals surface area (Å²) in [4.78, 5) is 34.5. The van der Waals surface area contributed by atoms with Gasteiger partial charge in [0.1, 0.15) is 11.5 Å². The fourth-order valence-corrected chi connectivity index (χ4v) is 3.44. The van der Waals surface area contributed by atoms with Gasteiger partial charge in [-0.25, -0.2) is 14.2 Å². The molecule has 4 rings (SSSR count). The van der Waals surface area contributed by atoms with Crippen LogP contribution >= 0.6 is 0 Å². The molecule has 152 valence electrons. The lowest BCUT2D eigenvalue weighted by atomic mass is 9.87. The number of urea groups is 1. The van der Waals surface area contributed by atoms with E-state index in [-0.39, 0.29) is 36.4 Å². The van der Waals surface area contributed by atoms with Gasteiger partial charge in [0.25, 0.3) is 0 Å². The number of amides is 3. The van der Waals surface area contributed by atoms with Crippen LogP contribution in [0.25, 0.3) is 0 Å². The zero-order chi connectivity index (χ0) is 20.5. The number of hydrogen-bond acceptors (Lipinski definition) is 6. The summed E-state index contributed by atoms with van der Waals surface area (Å²) < 4.78 is 12.9. The highest BCUT2D eigenvalue weighted by Crippen LogP contribution is 2.31. The fraction of sp³-hybridized carbons (Fsp3) is 0.368. The molecular formula is C19H22FN7O2. The number of carbonyl (C=O) groups excluding carboxylic acids is 2. The standard InChI is InChI=1S/C19H22FN7O2/c1-10-16-17(27(2)9-15(28)25-16)26-18(21-10)22-13-7-14(8-13)24-19(29)23-12-5-3-11(20)4-6-12/h3-6,13-14H,7-9H2,1-2H3,(H,25,28)(H,21,22,26)(H2,23,24,29). The molecule has 0 atom stereocenters. The molecule has 1 aromatic heterocycles. The summed E-state index contributed by atoms with van der Waals surface area (Å²) in [6.45, 7) is 2.08. The van der Waals surface area contributed by atoms with E-state index in [9.17, 15) is 14.0 Å². The maximum Gasteiger partial charge on any atom is 0.319 e. The minimum atomic E-state index is -0.350. The van der Waals surface area contributed by atoms with Gasteiger partial charge in [0.15, 0.2) is 5.82 Å². The van der Waals surface area contributed by atoms with Gasteiger partial charge in [-0.3, -0.25) is 4.79 Å². The first-order valence-electron chi connectivity index (χ1n) is 9.36. The van der Waals surface area contributed by atoms with E-state index in [1.54, 1.807) is 4.90 Å². The number of halogens is 1. The molecule has 1 aliphatic heterocycles. The van der Waals surface area contributed by atoms with Crippen LogP contribution in [0.3, 0.4) is 0 Å². The van der Waals surface area contributed by atoms with E-state index >= 15 is 0 Å². The number of nitrogens with one attached hydrogen (secondary N) is 4. The second-order valence-corrected chi connectivity index (χ2v) is 7.35. The molecule has 0 saturated heterocycles. The zero-order valence-corrected chi connectivity index (χ0v) is 16.1. The summed E-state index contributed by atoms with van der Waals surface area (Å²) in [6.07, 6.45) is 1.48. The molecule has 2 aliphatic rings. The SMILES string of the molecule is Cc1nc(NC2CC(NC(=O)Nc3ccc(F)cc3)C2)nc2c1NC(=O)CN2C. The van der Waals surface area contributed by atoms with Crippen LogP contribution in [-0.4, -0.2) is 47.6 Å². The predicted octanol–water partition coefficient (Wildman–Crippen LogP) is 2.08. The zero-order valence-electron chi connectivity index (χ0n) is 16.1. The minimum absolute atomic E-state index is 0.0358. The lowest BCUT2D eigenvalue weighted by Gasteiger charge is -2.36. The van der Waals surface area contributed by atoms with E-state index in [4.69, 9.17) is 0 Å². The Hall–Kier alpha value is -3.43. The molecule has 4 N–H and O–H groups in total. The van der Waals surface area contributed by atoms with Crippen LogP contribution in [0.5, 0.6) is 0 Å². The first-order valence-corrected chi connectivity index (χ1v) is 9.36. The number of hydrogen-bond donors (Lipinski definition) is 4. The molecule has 0 bridgehead atoms. The van der Waals surface area contributed by atoms with Gasteiger partial charge in [-0.15, -0.1) is 0 Å². The van der Waals surface area contributed by atoms with Crippen molar-refractivity contribution in [2.24, 2.45) is 0 Å². The Balaban J connectivity index is 1.29. The van der Waals surface area contributed by atoms with Gasteiger partial charge in [-0.2, -0.15) is 4.98 Å². The third-order valence-electron chi connectivity index (χ3n) is 4.99. The number of nitrogens with zero attached hydrogens (tertiary/aromatic N) is 3. The van der Waals surface area contributed by atoms with Crippen molar-refractivity contribution in [3.05, 3.63) is 35.8 Å². The van der Waals surface area contributed by atoms with E-state index in [2.05, 4.69) is 31.2 Å². The first kappa shape index (κ1) is 18.9. The predicted molar refractivity (Wildman–Crippen MR) is 108 cm³/mol. The van der Waals surface area contributed by atoms with Gasteiger partial charge in [0.05, 0.1) is 12.2 Å². The molecule has 0 radical (unpaired) electrons. The molecule has 1 aromatic carbocycles. The summed E-state index contributed by atoms with van der Waals surface area (Å²) in [5, 5.41) is 11.7. The molecule has 10 heteroatoms. The molecule has 2 aromatic rings. The monoisotopic (exact) mass is 399 g/mol. The Labute approximate surface area is 167 Å². The minimum Gasteiger partial charge on any atom is -0.351 e. The highest BCUT2D eigenvalue weighted by molar-refractivity contribution is 6.00. The average Bonchev–Trinajstić information content (AvgIpc) is 2.63. The van der Waals surface area contributed by atoms with Crippen molar-refractivity contribution in [2.75, 3.05) is 34.4 Å². The van der Waals surface area contributed by atoms with Gasteiger partial charge in [-0.1, -0.05) is 0 Å². The van der Waals surface area contributed by atoms with Crippen LogP contribution in [0.15, 0.2) is 24.3 Å². The summed E-state index contributed by atoms with van der Waals surface area (Å²) >= 11 is 0. The Morgan fingerprint density at radius 3 is 2.66 bits per heavy atom. The third kappa shape index (κ3) is 4.20. The normalized spacial score (nSPS) is 20.2. The molecule has 1 aliphatic carbocycles.